The van der Waals surface area contributed by atoms with Gasteiger partial charge in [-0.3, -0.25) is 4.79 Å². The summed E-state index contributed by atoms with van der Waals surface area (Å²) in [6.07, 6.45) is 0. The van der Waals surface area contributed by atoms with E-state index in [-0.39, 0.29) is 45.7 Å². The van der Waals surface area contributed by atoms with E-state index in [0.717, 1.165) is 0 Å². The third-order valence-electron chi connectivity index (χ3n) is 0.954. The van der Waals surface area contributed by atoms with E-state index >= 15 is 0 Å². The van der Waals surface area contributed by atoms with Crippen molar-refractivity contribution < 1.29 is 42.6 Å². The van der Waals surface area contributed by atoms with E-state index < -0.39 is 5.97 Å². The molecule has 0 atom stereocenters. The van der Waals surface area contributed by atoms with Gasteiger partial charge in [0, 0.05) is 32.7 Å². The molecule has 3 heteroatoms. The van der Waals surface area contributed by atoms with E-state index in [0.29, 0.717) is 0 Å². The molecule has 0 saturated carbocycles. The molecule has 0 aromatic heterocycles. The number of rotatable bonds is 1. The first kappa shape index (κ1) is 13.4. The number of hydrogen-bond acceptors (Lipinski definition) is 1. The summed E-state index contributed by atoms with van der Waals surface area (Å²) in [6.45, 7) is 0. The molecule has 2 nitrogen and oxygen atoms in total. The van der Waals surface area contributed by atoms with Crippen LogP contribution in [-0.2, 0) is 32.7 Å². The molecule has 0 aliphatic rings. The number of hydrogen-bond donors (Lipinski definition) is 1. The normalized spacial score (nSPS) is 7.27. The van der Waals surface area contributed by atoms with Gasteiger partial charge in [-0.25, -0.2) is 0 Å². The molecule has 1 N–H and O–H groups in total. The Morgan fingerprint density at radius 2 is 2.18 bits per heavy atom. The van der Waals surface area contributed by atoms with Gasteiger partial charge in [-0.05, 0) is 0 Å². The standard InChI is InChI=1S/C7H5O2.CH3.Y/c8-7(9)6-4-2-1-3-5-6;;/h1-2,4-5H,(H,8,9);1H3;/q2*-1;. The van der Waals surface area contributed by atoms with Gasteiger partial charge in [0.1, 0.15) is 0 Å². The molecule has 0 spiro atoms. The quantitative estimate of drug-likeness (QED) is 0.737. The van der Waals surface area contributed by atoms with E-state index in [1.165, 1.54) is 12.1 Å². The molecule has 0 saturated heterocycles. The monoisotopic (exact) mass is 225 g/mol. The van der Waals surface area contributed by atoms with E-state index in [1.807, 2.05) is 0 Å². The molecule has 1 aromatic rings. The summed E-state index contributed by atoms with van der Waals surface area (Å²) in [5.74, 6) is -0.910. The van der Waals surface area contributed by atoms with Crippen LogP contribution in [-0.4, -0.2) is 11.1 Å². The van der Waals surface area contributed by atoms with Crippen LogP contribution < -0.4 is 0 Å². The van der Waals surface area contributed by atoms with Gasteiger partial charge in [0.2, 0.25) is 0 Å². The minimum atomic E-state index is -0.910. The molecule has 0 aliphatic carbocycles. The van der Waals surface area contributed by atoms with Crippen molar-refractivity contribution in [3.8, 4) is 0 Å². The fourth-order valence-electron chi connectivity index (χ4n) is 0.526. The Kier molecular flexibility index (Phi) is 7.91. The van der Waals surface area contributed by atoms with Crippen LogP contribution >= 0.6 is 0 Å². The van der Waals surface area contributed by atoms with E-state index in [1.54, 1.807) is 12.1 Å². The average Bonchev–Trinajstić information content (AvgIpc) is 1.90. The summed E-state index contributed by atoms with van der Waals surface area (Å²) in [5.41, 5.74) is 0.275. The Labute approximate surface area is 91.5 Å². The Hall–Kier alpha value is -0.206. The molecule has 0 heterocycles. The van der Waals surface area contributed by atoms with Crippen LogP contribution in [0.15, 0.2) is 24.3 Å². The number of carboxylic acid groups (broad SMARTS) is 1. The van der Waals surface area contributed by atoms with E-state index in [2.05, 4.69) is 6.07 Å². The third-order valence-corrected chi connectivity index (χ3v) is 0.954. The summed E-state index contributed by atoms with van der Waals surface area (Å²) in [6, 6.07) is 8.92. The minimum Gasteiger partial charge on any atom is -0.487 e. The van der Waals surface area contributed by atoms with Crippen molar-refractivity contribution in [2.75, 3.05) is 0 Å². The summed E-state index contributed by atoms with van der Waals surface area (Å²) in [7, 11) is 0. The van der Waals surface area contributed by atoms with Crippen LogP contribution in [0, 0.1) is 13.5 Å². The second-order valence-corrected chi connectivity index (χ2v) is 1.60. The molecule has 1 rings (SSSR count). The molecule has 1 aromatic carbocycles. The van der Waals surface area contributed by atoms with E-state index in [4.69, 9.17) is 5.11 Å². The molecule has 0 fully saturated rings. The topological polar surface area (TPSA) is 37.3 Å². The first-order valence-corrected chi connectivity index (χ1v) is 2.50. The van der Waals surface area contributed by atoms with Gasteiger partial charge in [-0.2, -0.15) is 30.3 Å². The molecule has 0 unspecified atom stereocenters. The maximum Gasteiger partial charge on any atom is 0.278 e. The van der Waals surface area contributed by atoms with Crippen molar-refractivity contribution in [1.29, 1.82) is 0 Å². The summed E-state index contributed by atoms with van der Waals surface area (Å²) in [4.78, 5) is 10.2. The van der Waals surface area contributed by atoms with Gasteiger partial charge in [0.05, 0.1) is 0 Å². The van der Waals surface area contributed by atoms with Crippen LogP contribution in [0.3, 0.4) is 0 Å². The van der Waals surface area contributed by atoms with Crippen molar-refractivity contribution in [2.45, 2.75) is 0 Å². The minimum absolute atomic E-state index is 0. The van der Waals surface area contributed by atoms with Crippen LogP contribution in [0.1, 0.15) is 10.4 Å². The predicted octanol–water partition coefficient (Wildman–Crippen LogP) is 1.63. The average molecular weight is 225 g/mol. The Morgan fingerprint density at radius 3 is 2.45 bits per heavy atom. The Morgan fingerprint density at radius 1 is 1.55 bits per heavy atom. The van der Waals surface area contributed by atoms with Crippen molar-refractivity contribution in [3.63, 3.8) is 0 Å². The molecule has 1 radical (unpaired) electrons. The van der Waals surface area contributed by atoms with Crippen LogP contribution in [0.4, 0.5) is 0 Å². The number of aromatic carboxylic acids is 1. The fraction of sp³-hybridized carbons (Fsp3) is 0. The zero-order valence-corrected chi connectivity index (χ0v) is 9.08. The SMILES string of the molecule is O=C(O)c1c[c-]ccc1.[CH3-].[Y]. The molecule has 11 heavy (non-hydrogen) atoms. The predicted molar refractivity (Wildman–Crippen MR) is 38.7 cm³/mol. The number of benzene rings is 1. The van der Waals surface area contributed by atoms with Gasteiger partial charge in [0.25, 0.3) is 5.97 Å². The fourth-order valence-corrected chi connectivity index (χ4v) is 0.526. The summed E-state index contributed by atoms with van der Waals surface area (Å²) < 4.78 is 0. The first-order valence-electron chi connectivity index (χ1n) is 2.50. The van der Waals surface area contributed by atoms with Crippen LogP contribution in [0.25, 0.3) is 0 Å². The summed E-state index contributed by atoms with van der Waals surface area (Å²) in [5, 5.41) is 8.36. The van der Waals surface area contributed by atoms with Crippen molar-refractivity contribution in [1.82, 2.24) is 0 Å². The molecule has 57 valence electrons. The van der Waals surface area contributed by atoms with Gasteiger partial charge >= 0.3 is 0 Å². The Balaban J connectivity index is 0. The molecular formula is C8H8O2Y-2. The summed E-state index contributed by atoms with van der Waals surface area (Å²) >= 11 is 0. The van der Waals surface area contributed by atoms with Gasteiger partial charge in [0.15, 0.2) is 0 Å². The van der Waals surface area contributed by atoms with E-state index in [9.17, 15) is 4.79 Å². The van der Waals surface area contributed by atoms with Crippen LogP contribution in [0.5, 0.6) is 0 Å². The van der Waals surface area contributed by atoms with Crippen molar-refractivity contribution in [2.24, 2.45) is 0 Å². The second kappa shape index (κ2) is 6.50. The second-order valence-electron chi connectivity index (χ2n) is 1.60. The number of carbonyl (C=O) groups is 1. The van der Waals surface area contributed by atoms with Gasteiger partial charge in [-0.15, -0.1) is 0 Å². The molecule has 0 amide bonds. The van der Waals surface area contributed by atoms with Crippen molar-refractivity contribution >= 4 is 5.97 Å². The van der Waals surface area contributed by atoms with Gasteiger partial charge in [-0.1, -0.05) is 5.56 Å². The molecular weight excluding hydrogens is 217 g/mol. The maximum absolute atomic E-state index is 10.2. The first-order chi connectivity index (χ1) is 4.30. The van der Waals surface area contributed by atoms with Crippen molar-refractivity contribution in [3.05, 3.63) is 43.3 Å². The molecule has 0 aliphatic heterocycles. The largest absolute Gasteiger partial charge is 0.487 e. The Bertz CT molecular complexity index is 209. The van der Waals surface area contributed by atoms with Gasteiger partial charge < -0.3 is 12.5 Å². The zero-order chi connectivity index (χ0) is 6.69. The smallest absolute Gasteiger partial charge is 0.278 e. The van der Waals surface area contributed by atoms with Crippen LogP contribution in [0.2, 0.25) is 0 Å². The number of carboxylic acids is 1. The zero-order valence-electron chi connectivity index (χ0n) is 6.24. The third kappa shape index (κ3) is 4.28. The molecule has 0 bridgehead atoms. The maximum atomic E-state index is 10.2.